The van der Waals surface area contributed by atoms with E-state index in [0.29, 0.717) is 0 Å². The lowest BCUT2D eigenvalue weighted by Crippen LogP contribution is -2.71. The van der Waals surface area contributed by atoms with Crippen LogP contribution in [0.2, 0.25) is 0 Å². The van der Waals surface area contributed by atoms with Crippen LogP contribution < -0.4 is 21.3 Å². The predicted molar refractivity (Wildman–Crippen MR) is 325 cm³/mol. The summed E-state index contributed by atoms with van der Waals surface area (Å²) in [6.07, 6.45) is -59.7. The molecule has 7 saturated heterocycles. The Hall–Kier alpha value is -3.36. The molecule has 22 N–H and O–H groups in total. The minimum Gasteiger partial charge on any atom is -0.394 e. The predicted octanol–water partition coefficient (Wildman–Crippen LogP) is -10.9. The van der Waals surface area contributed by atoms with Crippen molar-refractivity contribution in [2.75, 3.05) is 46.2 Å². The number of aliphatic hydroxyl groups excluding tert-OH is 18. The molecule has 0 saturated carbocycles. The first-order chi connectivity index (χ1) is 46.4. The summed E-state index contributed by atoms with van der Waals surface area (Å²) in [7, 11) is 0. The van der Waals surface area contributed by atoms with Crippen LogP contribution in [0.25, 0.3) is 0 Å². The number of hydrogen-bond acceptors (Lipinski definition) is 35. The lowest BCUT2D eigenvalue weighted by molar-refractivity contribution is -0.395. The molecule has 0 spiro atoms. The highest BCUT2D eigenvalue weighted by atomic mass is 16.8. The molecule has 35 atom stereocenters. The van der Waals surface area contributed by atoms with E-state index in [-0.39, 0.29) is 5.92 Å². The SMILES string of the molecule is CC.CC.CC.CC(=O)NC1C(OC2C(OCC3OC(OC4C(CO)OC(OC5C(CO)OC(C(C)C)C(NC(C)=O)C5O)C(NC(C)=O)C4O)C(O)C(OC4OC(CO)C(O)C(O)C4OC4OC(CO)C(O)C(O)C4NC(C)=O)C3O)OC(CO)C(O)C2O)OC(CO)C(O)C1O. The Morgan fingerprint density at radius 2 is 0.592 bits per heavy atom. The Balaban J connectivity index is 0.00000331. The summed E-state index contributed by atoms with van der Waals surface area (Å²) in [5.41, 5.74) is 0. The van der Waals surface area contributed by atoms with Gasteiger partial charge in [-0.25, -0.2) is 0 Å². The van der Waals surface area contributed by atoms with Gasteiger partial charge in [0, 0.05) is 27.7 Å². The van der Waals surface area contributed by atoms with E-state index in [1.54, 1.807) is 13.8 Å². The van der Waals surface area contributed by atoms with Gasteiger partial charge in [-0.1, -0.05) is 55.4 Å². The van der Waals surface area contributed by atoms with Crippen molar-refractivity contribution in [3.63, 3.8) is 0 Å². The summed E-state index contributed by atoms with van der Waals surface area (Å²) in [4.78, 5) is 50.0. The maximum atomic E-state index is 12.9. The summed E-state index contributed by atoms with van der Waals surface area (Å²) >= 11 is 0. The van der Waals surface area contributed by atoms with Gasteiger partial charge in [-0.15, -0.1) is 0 Å². The second-order valence-corrected chi connectivity index (χ2v) is 23.9. The average molecular weight is 1430 g/mol. The van der Waals surface area contributed by atoms with Gasteiger partial charge in [-0.3, -0.25) is 19.2 Å². The van der Waals surface area contributed by atoms with Gasteiger partial charge in [0.2, 0.25) is 23.6 Å². The highest BCUT2D eigenvalue weighted by Gasteiger charge is 2.59. The van der Waals surface area contributed by atoms with Gasteiger partial charge in [0.1, 0.15) is 165 Å². The molecule has 7 heterocycles. The number of aliphatic hydroxyl groups is 18. The van der Waals surface area contributed by atoms with Crippen LogP contribution in [0.3, 0.4) is 0 Å². The van der Waals surface area contributed by atoms with Gasteiger partial charge >= 0.3 is 0 Å². The molecule has 4 amide bonds. The Bertz CT molecular complexity index is 2370. The lowest BCUT2D eigenvalue weighted by Gasteiger charge is -2.51. The van der Waals surface area contributed by atoms with Crippen LogP contribution in [0.15, 0.2) is 0 Å². The largest absolute Gasteiger partial charge is 0.394 e. The van der Waals surface area contributed by atoms with E-state index in [1.165, 1.54) is 6.92 Å². The molecular formula is C59H108N4O35. The normalized spacial score (nSPS) is 44.2. The molecule has 35 unspecified atom stereocenters. The summed E-state index contributed by atoms with van der Waals surface area (Å²) < 4.78 is 77.9. The van der Waals surface area contributed by atoms with Crippen LogP contribution >= 0.6 is 0 Å². The van der Waals surface area contributed by atoms with Crippen molar-refractivity contribution in [2.24, 2.45) is 5.92 Å². The third-order valence-corrected chi connectivity index (χ3v) is 16.9. The van der Waals surface area contributed by atoms with E-state index in [2.05, 4.69) is 21.3 Å². The number of carbonyl (C=O) groups excluding carboxylic acids is 4. The van der Waals surface area contributed by atoms with Crippen LogP contribution in [0.4, 0.5) is 0 Å². The minimum atomic E-state index is -2.43. The monoisotopic (exact) mass is 1430 g/mol. The molecule has 0 aromatic carbocycles. The summed E-state index contributed by atoms with van der Waals surface area (Å²) in [5, 5.41) is 209. The van der Waals surface area contributed by atoms with Gasteiger partial charge in [0.25, 0.3) is 0 Å². The molecule has 7 fully saturated rings. The molecule has 7 aliphatic heterocycles. The molecular weight excluding hydrogens is 1320 g/mol. The van der Waals surface area contributed by atoms with Crippen molar-refractivity contribution in [2.45, 2.75) is 298 Å². The number of amides is 4. The fourth-order valence-electron chi connectivity index (χ4n) is 12.1. The zero-order valence-electron chi connectivity index (χ0n) is 56.7. The Morgan fingerprint density at radius 1 is 0.306 bits per heavy atom. The fourth-order valence-corrected chi connectivity index (χ4v) is 12.1. The first-order valence-corrected chi connectivity index (χ1v) is 32.8. The molecule has 98 heavy (non-hydrogen) atoms. The van der Waals surface area contributed by atoms with Crippen molar-refractivity contribution >= 4 is 23.6 Å². The quantitative estimate of drug-likeness (QED) is 0.0427. The standard InChI is InChI=1S/C53H90N4O35.3C2H6/c1-14(2)42-26(54-15(3)64)37(75)43(23(11-62)81-42)88-50-29(57-18(6)67)38(76)44(24(12-63)86-50)89-51-41(79)45(90-53-47(40(78)33(71)22(10-61)85-53)92-49-28(56-17(5)66)36(74)31(69)20(8-59)83-49)34(72)25(87-51)13-80-52-46(39(77)32(70)21(9-60)84-52)91-48-27(55-16(4)65)35(73)30(68)19(7-58)82-48;3*1-2/h14,19-53,58-63,68-79H,7-13H2,1-6H3,(H,54,64)(H,55,65)(H,56,66)(H,57,67);3*1-2H3. The molecule has 0 bridgehead atoms. The van der Waals surface area contributed by atoms with Gasteiger partial charge < -0.3 is 175 Å². The van der Waals surface area contributed by atoms with Gasteiger partial charge in [-0.05, 0) is 5.92 Å². The van der Waals surface area contributed by atoms with Gasteiger partial charge in [0.15, 0.2) is 37.7 Å². The van der Waals surface area contributed by atoms with Crippen LogP contribution in [-0.4, -0.2) is 376 Å². The highest BCUT2D eigenvalue weighted by molar-refractivity contribution is 5.74. The third kappa shape index (κ3) is 20.7. The Kier molecular flexibility index (Phi) is 36.1. The van der Waals surface area contributed by atoms with E-state index in [9.17, 15) is 111 Å². The molecule has 0 aromatic heterocycles. The average Bonchev–Trinajstić information content (AvgIpc) is 0.779. The van der Waals surface area contributed by atoms with Crippen molar-refractivity contribution in [3.8, 4) is 0 Å². The van der Waals surface area contributed by atoms with Crippen molar-refractivity contribution < 1.29 is 173 Å². The number of rotatable bonds is 24. The van der Waals surface area contributed by atoms with Crippen LogP contribution in [0.1, 0.15) is 83.1 Å². The fraction of sp³-hybridized carbons (Fsp3) is 0.932. The maximum Gasteiger partial charge on any atom is 0.217 e. The van der Waals surface area contributed by atoms with E-state index in [1.807, 2.05) is 41.5 Å². The van der Waals surface area contributed by atoms with Crippen molar-refractivity contribution in [1.29, 1.82) is 0 Å². The molecule has 0 radical (unpaired) electrons. The number of nitrogens with one attached hydrogen (secondary N) is 4. The Morgan fingerprint density at radius 3 is 0.980 bits per heavy atom. The second kappa shape index (κ2) is 40.6. The molecule has 39 heteroatoms. The highest BCUT2D eigenvalue weighted by Crippen LogP contribution is 2.38. The second-order valence-electron chi connectivity index (χ2n) is 23.9. The topological polar surface area (TPSA) is 601 Å². The van der Waals surface area contributed by atoms with Crippen LogP contribution in [-0.2, 0) is 80.8 Å². The van der Waals surface area contributed by atoms with Crippen molar-refractivity contribution in [1.82, 2.24) is 21.3 Å². The molecule has 7 aliphatic rings. The zero-order chi connectivity index (χ0) is 74.1. The first kappa shape index (κ1) is 87.0. The molecule has 574 valence electrons. The number of hydrogen-bond donors (Lipinski definition) is 22. The molecule has 0 aliphatic carbocycles. The zero-order valence-corrected chi connectivity index (χ0v) is 56.7. The van der Waals surface area contributed by atoms with Crippen molar-refractivity contribution in [3.05, 3.63) is 0 Å². The van der Waals surface area contributed by atoms with E-state index in [0.717, 1.165) is 20.8 Å². The summed E-state index contributed by atoms with van der Waals surface area (Å²) in [5.74, 6) is -3.41. The number of carbonyl (C=O) groups is 4. The van der Waals surface area contributed by atoms with Crippen LogP contribution in [0, 0.1) is 5.92 Å². The van der Waals surface area contributed by atoms with Crippen LogP contribution in [0.5, 0.6) is 0 Å². The first-order valence-electron chi connectivity index (χ1n) is 32.8. The van der Waals surface area contributed by atoms with Gasteiger partial charge in [-0.2, -0.15) is 0 Å². The molecule has 7 rings (SSSR count). The Labute approximate surface area is 566 Å². The maximum absolute atomic E-state index is 12.9. The van der Waals surface area contributed by atoms with Gasteiger partial charge in [0.05, 0.1) is 58.4 Å². The van der Waals surface area contributed by atoms with E-state index in [4.69, 9.17) is 61.6 Å². The lowest BCUT2D eigenvalue weighted by atomic mass is 9.87. The number of ether oxygens (including phenoxy) is 13. The van der Waals surface area contributed by atoms with E-state index >= 15 is 0 Å². The van der Waals surface area contributed by atoms with E-state index < -0.39 is 284 Å². The summed E-state index contributed by atoms with van der Waals surface area (Å²) in [6.45, 7) is 12.7. The third-order valence-electron chi connectivity index (χ3n) is 16.9. The smallest absolute Gasteiger partial charge is 0.217 e. The molecule has 0 aromatic rings. The summed E-state index contributed by atoms with van der Waals surface area (Å²) in [6, 6.07) is -6.33. The minimum absolute atomic E-state index is 0.358. The molecule has 39 nitrogen and oxygen atoms in total.